The van der Waals surface area contributed by atoms with Gasteiger partial charge >= 0.3 is 0 Å². The van der Waals surface area contributed by atoms with E-state index < -0.39 is 11.6 Å². The molecule has 2 heteroatoms. The number of hydrogen-bond donors (Lipinski definition) is 0. The van der Waals surface area contributed by atoms with Crippen LogP contribution >= 0.6 is 0 Å². The van der Waals surface area contributed by atoms with E-state index in [1.807, 2.05) is 49.4 Å². The minimum Gasteiger partial charge on any atom is -0.205 e. The first kappa shape index (κ1) is 24.9. The zero-order valence-electron chi connectivity index (χ0n) is 20.6. The van der Waals surface area contributed by atoms with Gasteiger partial charge < -0.3 is 0 Å². The van der Waals surface area contributed by atoms with Gasteiger partial charge in [0, 0.05) is 5.56 Å². The maximum absolute atomic E-state index is 14.7. The molecule has 0 heterocycles. The summed E-state index contributed by atoms with van der Waals surface area (Å²) in [7, 11) is 0. The van der Waals surface area contributed by atoms with Gasteiger partial charge in [-0.15, -0.1) is 6.58 Å². The Balaban J connectivity index is 1.36. The topological polar surface area (TPSA) is 0 Å². The average molecular weight is 469 g/mol. The molecule has 0 N–H and O–H groups in total. The molecule has 4 rings (SSSR count). The van der Waals surface area contributed by atoms with Gasteiger partial charge in [0.25, 0.3) is 0 Å². The second-order valence-electron chi connectivity index (χ2n) is 9.92. The molecule has 180 valence electrons. The fraction of sp³-hybridized carbons (Fsp3) is 0.333. The SMILES string of the molecule is C=CCCC1CCC(CCc2ccc(-c3cc(F)c(C#Cc4ccc(C)cc4)c(F)c3)cc2)CC1. The van der Waals surface area contributed by atoms with Crippen LogP contribution in [0.5, 0.6) is 0 Å². The molecule has 0 bridgehead atoms. The van der Waals surface area contributed by atoms with Gasteiger partial charge in [-0.05, 0) is 85.4 Å². The normalized spacial score (nSPS) is 17.5. The third kappa shape index (κ3) is 6.92. The van der Waals surface area contributed by atoms with Crippen molar-refractivity contribution in [3.05, 3.63) is 107 Å². The quantitative estimate of drug-likeness (QED) is 0.240. The Morgan fingerprint density at radius 2 is 1.40 bits per heavy atom. The van der Waals surface area contributed by atoms with Gasteiger partial charge in [0.15, 0.2) is 0 Å². The van der Waals surface area contributed by atoms with Crippen LogP contribution in [0, 0.1) is 42.2 Å². The molecule has 35 heavy (non-hydrogen) atoms. The lowest BCUT2D eigenvalue weighted by molar-refractivity contribution is 0.254. The van der Waals surface area contributed by atoms with Gasteiger partial charge in [0.1, 0.15) is 11.6 Å². The third-order valence-corrected chi connectivity index (χ3v) is 7.30. The minimum absolute atomic E-state index is 0.190. The van der Waals surface area contributed by atoms with E-state index in [1.54, 1.807) is 0 Å². The van der Waals surface area contributed by atoms with Crippen LogP contribution in [0.1, 0.15) is 67.2 Å². The maximum atomic E-state index is 14.7. The highest BCUT2D eigenvalue weighted by Crippen LogP contribution is 2.34. The van der Waals surface area contributed by atoms with Crippen molar-refractivity contribution >= 4 is 0 Å². The van der Waals surface area contributed by atoms with E-state index in [9.17, 15) is 8.78 Å². The Labute approximate surface area is 209 Å². The predicted octanol–water partition coefficient (Wildman–Crippen LogP) is 9.05. The molecule has 0 aliphatic heterocycles. The van der Waals surface area contributed by atoms with Crippen molar-refractivity contribution in [3.8, 4) is 23.0 Å². The van der Waals surface area contributed by atoms with E-state index in [2.05, 4.69) is 30.6 Å². The van der Waals surface area contributed by atoms with Gasteiger partial charge in [-0.2, -0.15) is 0 Å². The molecule has 0 atom stereocenters. The van der Waals surface area contributed by atoms with Crippen molar-refractivity contribution in [1.29, 1.82) is 0 Å². The van der Waals surface area contributed by atoms with Crippen molar-refractivity contribution in [2.45, 2.75) is 58.3 Å². The summed E-state index contributed by atoms with van der Waals surface area (Å²) in [4.78, 5) is 0. The van der Waals surface area contributed by atoms with E-state index in [0.29, 0.717) is 5.56 Å². The van der Waals surface area contributed by atoms with Gasteiger partial charge in [-0.25, -0.2) is 8.78 Å². The second-order valence-corrected chi connectivity index (χ2v) is 9.92. The first-order valence-electron chi connectivity index (χ1n) is 12.8. The summed E-state index contributed by atoms with van der Waals surface area (Å²) >= 11 is 0. The highest BCUT2D eigenvalue weighted by molar-refractivity contribution is 5.65. The first-order chi connectivity index (χ1) is 17.0. The number of allylic oxidation sites excluding steroid dienone is 1. The van der Waals surface area contributed by atoms with Crippen LogP contribution in [-0.4, -0.2) is 0 Å². The molecule has 0 radical (unpaired) electrons. The number of benzene rings is 3. The lowest BCUT2D eigenvalue weighted by Crippen LogP contribution is -2.15. The lowest BCUT2D eigenvalue weighted by Gasteiger charge is -2.28. The Kier molecular flexibility index (Phi) is 8.54. The summed E-state index contributed by atoms with van der Waals surface area (Å²) in [6.07, 6.45) is 12.1. The van der Waals surface area contributed by atoms with Crippen LogP contribution in [0.2, 0.25) is 0 Å². The molecule has 1 fully saturated rings. The van der Waals surface area contributed by atoms with Crippen LogP contribution < -0.4 is 0 Å². The van der Waals surface area contributed by atoms with E-state index in [4.69, 9.17) is 0 Å². The summed E-state index contributed by atoms with van der Waals surface area (Å²) in [6.45, 7) is 5.82. The van der Waals surface area contributed by atoms with Gasteiger partial charge in [-0.3, -0.25) is 0 Å². The summed E-state index contributed by atoms with van der Waals surface area (Å²) in [5.74, 6) is 5.94. The molecule has 1 saturated carbocycles. The number of rotatable bonds is 7. The second kappa shape index (κ2) is 12.0. The highest BCUT2D eigenvalue weighted by atomic mass is 19.1. The van der Waals surface area contributed by atoms with Crippen LogP contribution in [0.3, 0.4) is 0 Å². The molecule has 1 aliphatic rings. The summed E-state index contributed by atoms with van der Waals surface area (Å²) in [5.41, 5.74) is 4.28. The molecule has 3 aromatic rings. The first-order valence-corrected chi connectivity index (χ1v) is 12.8. The Morgan fingerprint density at radius 3 is 2.00 bits per heavy atom. The average Bonchev–Trinajstić information content (AvgIpc) is 2.87. The molecule has 0 nitrogen and oxygen atoms in total. The molecular weight excluding hydrogens is 434 g/mol. The Bertz CT molecular complexity index is 1160. The summed E-state index contributed by atoms with van der Waals surface area (Å²) in [5, 5.41) is 0. The fourth-order valence-electron chi connectivity index (χ4n) is 5.03. The zero-order chi connectivity index (χ0) is 24.6. The van der Waals surface area contributed by atoms with E-state index in [0.717, 1.165) is 41.4 Å². The Morgan fingerprint density at radius 1 is 0.800 bits per heavy atom. The smallest absolute Gasteiger partial charge is 0.142 e. The molecule has 0 unspecified atom stereocenters. The molecule has 0 amide bonds. The molecule has 0 spiro atoms. The van der Waals surface area contributed by atoms with Gasteiger partial charge in [-0.1, -0.05) is 85.6 Å². The molecule has 3 aromatic carbocycles. The molecular formula is C33H34F2. The van der Waals surface area contributed by atoms with Gasteiger partial charge in [0.05, 0.1) is 5.56 Å². The predicted molar refractivity (Wildman–Crippen MR) is 142 cm³/mol. The van der Waals surface area contributed by atoms with Crippen molar-refractivity contribution in [3.63, 3.8) is 0 Å². The van der Waals surface area contributed by atoms with E-state index in [-0.39, 0.29) is 5.56 Å². The van der Waals surface area contributed by atoms with Crippen LogP contribution in [0.15, 0.2) is 73.3 Å². The molecule has 0 aromatic heterocycles. The highest BCUT2D eigenvalue weighted by Gasteiger charge is 2.20. The van der Waals surface area contributed by atoms with Crippen molar-refractivity contribution in [2.24, 2.45) is 11.8 Å². The number of hydrogen-bond acceptors (Lipinski definition) is 0. The van der Waals surface area contributed by atoms with E-state index >= 15 is 0 Å². The van der Waals surface area contributed by atoms with Crippen LogP contribution in [-0.2, 0) is 6.42 Å². The number of aryl methyl sites for hydroxylation is 2. The van der Waals surface area contributed by atoms with Crippen molar-refractivity contribution in [2.75, 3.05) is 0 Å². The number of halogens is 2. The Hall–Kier alpha value is -3.18. The monoisotopic (exact) mass is 468 g/mol. The third-order valence-electron chi connectivity index (χ3n) is 7.30. The largest absolute Gasteiger partial charge is 0.205 e. The maximum Gasteiger partial charge on any atom is 0.142 e. The van der Waals surface area contributed by atoms with Gasteiger partial charge in [0.2, 0.25) is 0 Å². The molecule has 1 aliphatic carbocycles. The van der Waals surface area contributed by atoms with E-state index in [1.165, 1.54) is 56.2 Å². The summed E-state index contributed by atoms with van der Waals surface area (Å²) in [6, 6.07) is 18.4. The van der Waals surface area contributed by atoms with Crippen molar-refractivity contribution < 1.29 is 8.78 Å². The standard InChI is InChI=1S/C33H34F2/c1-3-4-5-25-10-12-27(13-11-25)14-15-28-16-19-29(20-17-28)30-22-32(34)31(33(35)23-30)21-18-26-8-6-24(2)7-9-26/h3,6-9,16-17,19-20,22-23,25,27H,1,4-5,10-15H2,2H3. The summed E-state index contributed by atoms with van der Waals surface area (Å²) < 4.78 is 29.4. The lowest BCUT2D eigenvalue weighted by atomic mass is 9.78. The van der Waals surface area contributed by atoms with Crippen molar-refractivity contribution in [1.82, 2.24) is 0 Å². The molecule has 0 saturated heterocycles. The zero-order valence-corrected chi connectivity index (χ0v) is 20.6. The minimum atomic E-state index is -0.632. The fourth-order valence-corrected chi connectivity index (χ4v) is 5.03. The van der Waals surface area contributed by atoms with Crippen LogP contribution in [0.4, 0.5) is 8.78 Å². The van der Waals surface area contributed by atoms with Crippen LogP contribution in [0.25, 0.3) is 11.1 Å².